The van der Waals surface area contributed by atoms with Crippen LogP contribution in [0.5, 0.6) is 11.5 Å². The highest BCUT2D eigenvalue weighted by molar-refractivity contribution is 6.31. The molecule has 5 atom stereocenters. The molecule has 0 saturated carbocycles. The molecule has 1 saturated heterocycles. The number of rotatable bonds is 23. The third kappa shape index (κ3) is 15.1. The molecule has 0 radical (unpaired) electrons. The molecule has 25 nitrogen and oxygen atoms in total. The van der Waals surface area contributed by atoms with Crippen molar-refractivity contribution >= 4 is 75.3 Å². The zero-order valence-corrected chi connectivity index (χ0v) is 44.5. The minimum absolute atomic E-state index is 0.00351. The molecule has 4 aromatic rings. The molecule has 25 heteroatoms. The summed E-state index contributed by atoms with van der Waals surface area (Å²) >= 11 is 0. The van der Waals surface area contributed by atoms with Crippen LogP contribution in [0.4, 0.5) is 9.59 Å². The number of benzene rings is 4. The largest absolute Gasteiger partial charge is 0.496 e. The molecule has 2 aliphatic rings. The van der Waals surface area contributed by atoms with Crippen LogP contribution in [-0.2, 0) is 73.3 Å². The van der Waals surface area contributed by atoms with E-state index < -0.39 is 96.7 Å². The van der Waals surface area contributed by atoms with Gasteiger partial charge in [0.15, 0.2) is 18.3 Å². The molecule has 0 aliphatic carbocycles. The maximum Gasteiger partial charge on any atom is 0.431 e. The lowest BCUT2D eigenvalue weighted by Crippen LogP contribution is -2.64. The summed E-state index contributed by atoms with van der Waals surface area (Å²) in [6.07, 6.45) is -10.4. The van der Waals surface area contributed by atoms with Gasteiger partial charge in [-0.1, -0.05) is 30.3 Å². The summed E-state index contributed by atoms with van der Waals surface area (Å²) in [5.74, 6) is -5.45. The summed E-state index contributed by atoms with van der Waals surface area (Å²) in [4.78, 5) is 125. The Morgan fingerprint density at radius 1 is 0.744 bits per heavy atom. The van der Waals surface area contributed by atoms with Crippen molar-refractivity contribution in [3.8, 4) is 11.5 Å². The van der Waals surface area contributed by atoms with Crippen molar-refractivity contribution in [2.24, 2.45) is 0 Å². The Labute approximate surface area is 447 Å². The summed E-state index contributed by atoms with van der Waals surface area (Å²) in [6.45, 7) is 7.77. The fraction of sp³-hybridized carbons (Fsp3) is 0.453. The lowest BCUT2D eigenvalue weighted by molar-refractivity contribution is -0.282. The number of amides is 5. The molecule has 4 aromatic carbocycles. The molecule has 0 bridgehead atoms. The lowest BCUT2D eigenvalue weighted by atomic mass is 9.89. The molecule has 1 fully saturated rings. The van der Waals surface area contributed by atoms with E-state index in [1.165, 1.54) is 37.3 Å². The van der Waals surface area contributed by atoms with Gasteiger partial charge in [0.05, 0.1) is 58.4 Å². The van der Waals surface area contributed by atoms with Crippen LogP contribution in [0.15, 0.2) is 60.7 Å². The molecule has 5 amide bonds. The number of hydrogen-bond donors (Lipinski definition) is 2. The lowest BCUT2D eigenvalue weighted by Gasteiger charge is -2.43. The van der Waals surface area contributed by atoms with Crippen molar-refractivity contribution in [1.29, 1.82) is 0 Å². The monoisotopic (exact) mass is 1090 g/mol. The van der Waals surface area contributed by atoms with Crippen molar-refractivity contribution < 1.29 is 100 Å². The SMILES string of the molecule is COC(=O)[C@H]1O[C@@H](Oc2ccc(COC(=O)N(C)CCN3C(=O)c4ccc(OC)c5cc6ccccc6c(c45)C3=O)cc2C(=O)NCCOCCOCCONC(=O)OC(C)(C)C)[C@H](OC(C)=O)[C@@H](OC(C)=O)[C@@H]1OC(C)=O. The molecule has 0 unspecified atom stereocenters. The number of methoxy groups -OCH3 is 2. The second-order valence-electron chi connectivity index (χ2n) is 18.5. The number of carbonyl (C=O) groups excluding carboxylic acids is 9. The number of likely N-dealkylation sites (N-methyl/N-ethyl adjacent to an activating group) is 1. The van der Waals surface area contributed by atoms with Gasteiger partial charge in [0.2, 0.25) is 12.4 Å². The van der Waals surface area contributed by atoms with Crippen LogP contribution in [0.1, 0.15) is 78.2 Å². The van der Waals surface area contributed by atoms with Crippen LogP contribution in [-0.4, -0.2) is 174 Å². The smallest absolute Gasteiger partial charge is 0.431 e. The van der Waals surface area contributed by atoms with Gasteiger partial charge in [0, 0.05) is 63.8 Å². The first kappa shape index (κ1) is 59.1. The van der Waals surface area contributed by atoms with Gasteiger partial charge in [-0.3, -0.25) is 38.5 Å². The highest BCUT2D eigenvalue weighted by atomic mass is 16.7. The second-order valence-corrected chi connectivity index (χ2v) is 18.5. The fourth-order valence-electron chi connectivity index (χ4n) is 8.31. The maximum atomic E-state index is 14.2. The molecule has 2 N–H and O–H groups in total. The number of carbonyl (C=O) groups is 9. The summed E-state index contributed by atoms with van der Waals surface area (Å²) in [5, 5.41) is 5.19. The van der Waals surface area contributed by atoms with Gasteiger partial charge < -0.3 is 62.3 Å². The van der Waals surface area contributed by atoms with Gasteiger partial charge in [0.1, 0.15) is 23.7 Å². The van der Waals surface area contributed by atoms with Crippen LogP contribution < -0.4 is 20.3 Å². The predicted octanol–water partition coefficient (Wildman–Crippen LogP) is 4.16. The molecular weight excluding hydrogens is 1030 g/mol. The van der Waals surface area contributed by atoms with Gasteiger partial charge in [-0.05, 0) is 67.4 Å². The first-order valence-electron chi connectivity index (χ1n) is 24.5. The minimum atomic E-state index is -1.83. The number of ether oxygens (including phenoxy) is 11. The zero-order chi connectivity index (χ0) is 56.8. The van der Waals surface area contributed by atoms with Crippen LogP contribution in [0.25, 0.3) is 21.5 Å². The Morgan fingerprint density at radius 2 is 1.40 bits per heavy atom. The molecule has 2 heterocycles. The molecule has 2 aliphatic heterocycles. The number of hydroxylamine groups is 1. The standard InChI is InChI=1S/C53H62N4O21/c1-29(58)73-42-43(74-30(2)59)45(75-31(3)60)50(77-44(42)49(64)68-9)76-39-16-14-32(26-37(39)46(61)54-18-21-69-22-23-70-24-25-72-55-51(65)78-53(4,5)6)28-71-52(66)56(7)19-20-57-47(62)35-15-17-38(67-8)36-27-33-12-10-11-13-34(33)41(40(35)36)48(57)63/h10-17,26-27,42-45,50H,18-25,28H2,1-9H3,(H,54,61)(H,55,65)/t42-,43-,44-,45+,50+/m0/s1. The number of imide groups is 1. The highest BCUT2D eigenvalue weighted by Crippen LogP contribution is 2.40. The highest BCUT2D eigenvalue weighted by Gasteiger charge is 2.56. The predicted molar refractivity (Wildman–Crippen MR) is 270 cm³/mol. The van der Waals surface area contributed by atoms with E-state index in [0.717, 1.165) is 38.2 Å². The van der Waals surface area contributed by atoms with Crippen LogP contribution in [0.2, 0.25) is 0 Å². The van der Waals surface area contributed by atoms with E-state index in [4.69, 9.17) is 56.9 Å². The fourth-order valence-corrected chi connectivity index (χ4v) is 8.31. The van der Waals surface area contributed by atoms with E-state index in [2.05, 4.69) is 10.8 Å². The van der Waals surface area contributed by atoms with Gasteiger partial charge in [-0.2, -0.15) is 5.48 Å². The quantitative estimate of drug-likeness (QED) is 0.0263. The number of fused-ring (bicyclic) bond motifs is 2. The topological polar surface area (TPSA) is 295 Å². The third-order valence-corrected chi connectivity index (χ3v) is 11.6. The first-order chi connectivity index (χ1) is 37.1. The van der Waals surface area contributed by atoms with E-state index in [1.807, 2.05) is 18.2 Å². The average molecular weight is 1090 g/mol. The van der Waals surface area contributed by atoms with Crippen molar-refractivity contribution in [2.45, 2.75) is 84.5 Å². The summed E-state index contributed by atoms with van der Waals surface area (Å²) in [6, 6.07) is 16.5. The molecule has 0 spiro atoms. The van der Waals surface area contributed by atoms with Crippen LogP contribution in [0.3, 0.4) is 0 Å². The van der Waals surface area contributed by atoms with E-state index in [0.29, 0.717) is 33.0 Å². The third-order valence-electron chi connectivity index (χ3n) is 11.6. The van der Waals surface area contributed by atoms with Crippen LogP contribution in [0, 0.1) is 0 Å². The summed E-state index contributed by atoms with van der Waals surface area (Å²) in [5.41, 5.74) is 2.12. The van der Waals surface area contributed by atoms with Crippen molar-refractivity contribution in [3.63, 3.8) is 0 Å². The Morgan fingerprint density at radius 3 is 2.08 bits per heavy atom. The Balaban J connectivity index is 1.15. The molecule has 420 valence electrons. The number of hydrogen-bond acceptors (Lipinski definition) is 21. The molecule has 78 heavy (non-hydrogen) atoms. The molecule has 6 rings (SSSR count). The number of nitrogens with zero attached hydrogens (tertiary/aromatic N) is 2. The van der Waals surface area contributed by atoms with E-state index >= 15 is 0 Å². The summed E-state index contributed by atoms with van der Waals surface area (Å²) < 4.78 is 60.6. The molecular formula is C53H62N4O21. The van der Waals surface area contributed by atoms with E-state index in [-0.39, 0.29) is 69.5 Å². The Kier molecular flexibility index (Phi) is 20.3. The van der Waals surface area contributed by atoms with E-state index in [1.54, 1.807) is 45.0 Å². The van der Waals surface area contributed by atoms with Crippen molar-refractivity contribution in [1.82, 2.24) is 20.6 Å². The molecule has 0 aromatic heterocycles. The van der Waals surface area contributed by atoms with Gasteiger partial charge in [0.25, 0.3) is 17.7 Å². The number of nitrogens with one attached hydrogen (secondary N) is 2. The zero-order valence-electron chi connectivity index (χ0n) is 44.5. The number of esters is 4. The average Bonchev–Trinajstić information content (AvgIpc) is 3.57. The minimum Gasteiger partial charge on any atom is -0.496 e. The maximum absolute atomic E-state index is 14.2. The first-order valence-corrected chi connectivity index (χ1v) is 24.5. The second kappa shape index (κ2) is 26.8. The van der Waals surface area contributed by atoms with Gasteiger partial charge in [-0.25, -0.2) is 14.4 Å². The summed E-state index contributed by atoms with van der Waals surface area (Å²) in [7, 11) is 3.94. The van der Waals surface area contributed by atoms with Crippen molar-refractivity contribution in [2.75, 3.05) is 73.9 Å². The Hall–Kier alpha value is -8.13. The Bertz CT molecular complexity index is 2900. The van der Waals surface area contributed by atoms with E-state index in [9.17, 15) is 43.2 Å². The normalized spacial score (nSPS) is 17.9. The van der Waals surface area contributed by atoms with Gasteiger partial charge >= 0.3 is 36.1 Å². The van der Waals surface area contributed by atoms with Crippen molar-refractivity contribution in [3.05, 3.63) is 82.9 Å². The van der Waals surface area contributed by atoms with Gasteiger partial charge in [-0.15, -0.1) is 0 Å². The van der Waals surface area contributed by atoms with Crippen LogP contribution >= 0.6 is 0 Å².